The van der Waals surface area contributed by atoms with Crippen LogP contribution < -0.4 is 10.6 Å². The Morgan fingerprint density at radius 3 is 2.28 bits per heavy atom. The Morgan fingerprint density at radius 1 is 1.12 bits per heavy atom. The van der Waals surface area contributed by atoms with Gasteiger partial charge in [-0.25, -0.2) is 8.42 Å². The molecule has 1 amide bonds. The van der Waals surface area contributed by atoms with E-state index in [0.717, 1.165) is 36.7 Å². The fraction of sp³-hybridized carbons (Fsp3) is 0.933. The lowest BCUT2D eigenvalue weighted by Crippen LogP contribution is -2.43. The second-order valence-electron chi connectivity index (χ2n) is 6.68. The molecule has 2 heterocycles. The van der Waals surface area contributed by atoms with E-state index in [1.165, 1.54) is 0 Å². The second-order valence-corrected chi connectivity index (χ2v) is 8.59. The number of nitrogens with zero attached hydrogens (tertiary/aromatic N) is 1. The minimum atomic E-state index is -4.47. The number of carbonyl (C=O) groups is 1. The summed E-state index contributed by atoms with van der Waals surface area (Å²) in [6, 6.07) is 0. The summed E-state index contributed by atoms with van der Waals surface area (Å²) >= 11 is 0. The van der Waals surface area contributed by atoms with Crippen molar-refractivity contribution in [1.29, 1.82) is 0 Å². The maximum Gasteiger partial charge on any atom is 0.350 e. The molecule has 0 aromatic rings. The summed E-state index contributed by atoms with van der Waals surface area (Å²) in [5.41, 5.74) is 0. The highest BCUT2D eigenvalue weighted by molar-refractivity contribution is 7.89. The summed E-state index contributed by atoms with van der Waals surface area (Å²) in [5.74, 6) is -2.57. The molecular formula is C15H28ClF2N3O3S. The molecule has 25 heavy (non-hydrogen) atoms. The highest BCUT2D eigenvalue weighted by Gasteiger charge is 2.34. The van der Waals surface area contributed by atoms with Crippen LogP contribution in [0.3, 0.4) is 0 Å². The molecule has 2 saturated heterocycles. The molecule has 0 radical (unpaired) electrons. The Balaban J connectivity index is 0.00000312. The molecule has 2 rings (SSSR count). The predicted octanol–water partition coefficient (Wildman–Crippen LogP) is 1.57. The van der Waals surface area contributed by atoms with E-state index < -0.39 is 15.8 Å². The van der Waals surface area contributed by atoms with Crippen molar-refractivity contribution in [3.8, 4) is 0 Å². The van der Waals surface area contributed by atoms with Gasteiger partial charge in [0.15, 0.2) is 0 Å². The van der Waals surface area contributed by atoms with Crippen LogP contribution in [0.4, 0.5) is 8.78 Å². The highest BCUT2D eigenvalue weighted by Crippen LogP contribution is 2.22. The van der Waals surface area contributed by atoms with Crippen LogP contribution in [0, 0.1) is 11.8 Å². The fourth-order valence-corrected chi connectivity index (χ4v) is 4.28. The van der Waals surface area contributed by atoms with E-state index in [1.54, 1.807) is 0 Å². The number of nitrogens with one attached hydrogen (secondary N) is 2. The summed E-state index contributed by atoms with van der Waals surface area (Å²) in [4.78, 5) is 11.9. The van der Waals surface area contributed by atoms with E-state index in [9.17, 15) is 22.0 Å². The maximum absolute atomic E-state index is 12.5. The minimum absolute atomic E-state index is 0. The summed E-state index contributed by atoms with van der Waals surface area (Å²) in [6.07, 6.45) is 4.65. The molecule has 6 nitrogen and oxygen atoms in total. The van der Waals surface area contributed by atoms with Gasteiger partial charge >= 0.3 is 5.76 Å². The fourth-order valence-electron chi connectivity index (χ4n) is 3.33. The van der Waals surface area contributed by atoms with Gasteiger partial charge in [-0.2, -0.15) is 13.1 Å². The standard InChI is InChI=1S/C15H27F2N3O3S.ClH/c16-15(17)24(22,23)20-9-5-13(6-10-20)11-19-14(21)2-1-12-3-7-18-8-4-12;/h12-13,15,18H,1-11H2,(H,19,21);1H. The van der Waals surface area contributed by atoms with Crippen LogP contribution in [0.5, 0.6) is 0 Å². The Labute approximate surface area is 154 Å². The molecular weight excluding hydrogens is 376 g/mol. The van der Waals surface area contributed by atoms with E-state index in [1.807, 2.05) is 0 Å². The number of sulfonamides is 1. The average Bonchev–Trinajstić information content (AvgIpc) is 2.59. The monoisotopic (exact) mass is 403 g/mol. The van der Waals surface area contributed by atoms with E-state index in [0.29, 0.717) is 31.7 Å². The molecule has 2 aliphatic heterocycles. The third kappa shape index (κ3) is 6.96. The molecule has 0 aromatic heterocycles. The van der Waals surface area contributed by atoms with Crippen LogP contribution in [0.1, 0.15) is 38.5 Å². The Kier molecular flexibility index (Phi) is 9.55. The largest absolute Gasteiger partial charge is 0.356 e. The van der Waals surface area contributed by atoms with Gasteiger partial charge in [0.25, 0.3) is 10.0 Å². The van der Waals surface area contributed by atoms with Crippen molar-refractivity contribution in [2.24, 2.45) is 11.8 Å². The maximum atomic E-state index is 12.5. The van der Waals surface area contributed by atoms with Gasteiger partial charge in [-0.3, -0.25) is 4.79 Å². The summed E-state index contributed by atoms with van der Waals surface area (Å²) in [6.45, 7) is 2.73. The first-order valence-corrected chi connectivity index (χ1v) is 10.1. The Morgan fingerprint density at radius 2 is 1.72 bits per heavy atom. The van der Waals surface area contributed by atoms with Crippen molar-refractivity contribution >= 4 is 28.3 Å². The lowest BCUT2D eigenvalue weighted by Gasteiger charge is -2.31. The zero-order valence-corrected chi connectivity index (χ0v) is 15.9. The molecule has 0 aromatic carbocycles. The van der Waals surface area contributed by atoms with Crippen LogP contribution >= 0.6 is 12.4 Å². The molecule has 0 atom stereocenters. The van der Waals surface area contributed by atoms with E-state index >= 15 is 0 Å². The molecule has 2 aliphatic rings. The first kappa shape index (κ1) is 22.5. The van der Waals surface area contributed by atoms with Crippen LogP contribution in [0.15, 0.2) is 0 Å². The molecule has 0 unspecified atom stereocenters. The van der Waals surface area contributed by atoms with Gasteiger partial charge in [0.1, 0.15) is 0 Å². The van der Waals surface area contributed by atoms with E-state index in [2.05, 4.69) is 10.6 Å². The number of hydrogen-bond donors (Lipinski definition) is 2. The zero-order valence-electron chi connectivity index (χ0n) is 14.3. The van der Waals surface area contributed by atoms with Crippen LogP contribution in [0.2, 0.25) is 0 Å². The molecule has 0 aliphatic carbocycles. The second kappa shape index (κ2) is 10.6. The van der Waals surface area contributed by atoms with Gasteiger partial charge in [0.05, 0.1) is 0 Å². The summed E-state index contributed by atoms with van der Waals surface area (Å²) in [7, 11) is -4.47. The summed E-state index contributed by atoms with van der Waals surface area (Å²) < 4.78 is 48.6. The zero-order chi connectivity index (χ0) is 17.6. The molecule has 0 saturated carbocycles. The quantitative estimate of drug-likeness (QED) is 0.676. The van der Waals surface area contributed by atoms with Crippen molar-refractivity contribution in [3.05, 3.63) is 0 Å². The SMILES string of the molecule is Cl.O=C(CCC1CCNCC1)NCC1CCN(S(=O)(=O)C(F)F)CC1. The third-order valence-electron chi connectivity index (χ3n) is 4.98. The van der Waals surface area contributed by atoms with Crippen molar-refractivity contribution < 1.29 is 22.0 Å². The van der Waals surface area contributed by atoms with Crippen LogP contribution in [-0.2, 0) is 14.8 Å². The number of hydrogen-bond acceptors (Lipinski definition) is 4. The van der Waals surface area contributed by atoms with Gasteiger partial charge < -0.3 is 10.6 Å². The van der Waals surface area contributed by atoms with E-state index in [4.69, 9.17) is 0 Å². The lowest BCUT2D eigenvalue weighted by molar-refractivity contribution is -0.121. The predicted molar refractivity (Wildman–Crippen MR) is 94.3 cm³/mol. The number of amides is 1. The van der Waals surface area contributed by atoms with Gasteiger partial charge in [0.2, 0.25) is 5.91 Å². The smallest absolute Gasteiger partial charge is 0.350 e. The number of alkyl halides is 2. The third-order valence-corrected chi connectivity index (χ3v) is 6.52. The molecule has 148 valence electrons. The average molecular weight is 404 g/mol. The Bertz CT molecular complexity index is 508. The number of rotatable bonds is 7. The first-order valence-electron chi connectivity index (χ1n) is 8.64. The number of carbonyl (C=O) groups excluding carboxylic acids is 1. The molecule has 10 heteroatoms. The molecule has 0 bridgehead atoms. The first-order chi connectivity index (χ1) is 11.4. The van der Waals surface area contributed by atoms with Crippen LogP contribution in [-0.4, -0.2) is 57.1 Å². The van der Waals surface area contributed by atoms with Crippen molar-refractivity contribution in [2.75, 3.05) is 32.7 Å². The van der Waals surface area contributed by atoms with Crippen molar-refractivity contribution in [1.82, 2.24) is 14.9 Å². The van der Waals surface area contributed by atoms with Gasteiger partial charge in [0, 0.05) is 26.1 Å². The van der Waals surface area contributed by atoms with Crippen molar-refractivity contribution in [2.45, 2.75) is 44.3 Å². The molecule has 0 spiro atoms. The topological polar surface area (TPSA) is 78.5 Å². The Hall–Kier alpha value is -0.510. The van der Waals surface area contributed by atoms with E-state index in [-0.39, 0.29) is 37.3 Å². The van der Waals surface area contributed by atoms with Gasteiger partial charge in [-0.1, -0.05) is 0 Å². The summed E-state index contributed by atoms with van der Waals surface area (Å²) in [5, 5.41) is 6.19. The molecule has 2 N–H and O–H groups in total. The number of piperidine rings is 2. The molecule has 2 fully saturated rings. The van der Waals surface area contributed by atoms with Crippen LogP contribution in [0.25, 0.3) is 0 Å². The van der Waals surface area contributed by atoms with Crippen molar-refractivity contribution in [3.63, 3.8) is 0 Å². The van der Waals surface area contributed by atoms with Gasteiger partial charge in [-0.05, 0) is 57.0 Å². The normalized spacial score (nSPS) is 21.1. The minimum Gasteiger partial charge on any atom is -0.356 e. The van der Waals surface area contributed by atoms with Gasteiger partial charge in [-0.15, -0.1) is 12.4 Å². The lowest BCUT2D eigenvalue weighted by atomic mass is 9.93. The number of halogens is 3. The highest BCUT2D eigenvalue weighted by atomic mass is 35.5.